The minimum absolute atomic E-state index is 0.338. The first-order chi connectivity index (χ1) is 7.24. The Labute approximate surface area is 98.1 Å². The fourth-order valence-electron chi connectivity index (χ4n) is 1.85. The third-order valence-corrected chi connectivity index (χ3v) is 4.28. The minimum Gasteiger partial charge on any atom is -0.348 e. The highest BCUT2D eigenvalue weighted by molar-refractivity contribution is 7.17. The number of aldehydes is 1. The van der Waals surface area contributed by atoms with Crippen molar-refractivity contribution in [1.82, 2.24) is 4.98 Å². The smallest absolute Gasteiger partial charge is 0.187 e. The lowest BCUT2D eigenvalue weighted by Gasteiger charge is -2.13. The van der Waals surface area contributed by atoms with Crippen LogP contribution in [0.5, 0.6) is 0 Å². The lowest BCUT2D eigenvalue weighted by Crippen LogP contribution is -2.19. The summed E-state index contributed by atoms with van der Waals surface area (Å²) in [5.74, 6) is 0.757. The summed E-state index contributed by atoms with van der Waals surface area (Å²) >= 11 is 7.22. The Morgan fingerprint density at radius 3 is 3.07 bits per heavy atom. The Morgan fingerprint density at radius 1 is 1.73 bits per heavy atom. The molecule has 0 radical (unpaired) electrons. The second kappa shape index (κ2) is 4.49. The van der Waals surface area contributed by atoms with Gasteiger partial charge in [-0.3, -0.25) is 4.79 Å². The zero-order valence-corrected chi connectivity index (χ0v) is 10.1. The van der Waals surface area contributed by atoms with Crippen LogP contribution in [-0.4, -0.2) is 24.4 Å². The molecule has 0 saturated carbocycles. The van der Waals surface area contributed by atoms with E-state index in [0.717, 1.165) is 30.4 Å². The summed E-state index contributed by atoms with van der Waals surface area (Å²) in [6.45, 7) is 4.28. The summed E-state index contributed by atoms with van der Waals surface area (Å²) in [7, 11) is 0. The van der Waals surface area contributed by atoms with Gasteiger partial charge in [-0.1, -0.05) is 36.3 Å². The van der Waals surface area contributed by atoms with Crippen molar-refractivity contribution in [3.63, 3.8) is 0 Å². The molecule has 1 aliphatic rings. The fraction of sp³-hybridized carbons (Fsp3) is 0.600. The number of hydrogen-bond acceptors (Lipinski definition) is 4. The molecule has 15 heavy (non-hydrogen) atoms. The standard InChI is InChI=1S/C10H13ClN2OS/c1-2-7-3-4-13(5-7)10-12-9(11)8(6-14)15-10/h6-7H,2-5H2,1H3. The topological polar surface area (TPSA) is 33.2 Å². The number of carbonyl (C=O) groups is 1. The van der Waals surface area contributed by atoms with E-state index in [4.69, 9.17) is 11.6 Å². The quantitative estimate of drug-likeness (QED) is 0.767. The number of aromatic nitrogens is 1. The second-order valence-electron chi connectivity index (χ2n) is 3.78. The van der Waals surface area contributed by atoms with Gasteiger partial charge in [-0.2, -0.15) is 0 Å². The molecule has 82 valence electrons. The number of anilines is 1. The molecular formula is C10H13ClN2OS. The number of nitrogens with zero attached hydrogens (tertiary/aromatic N) is 2. The Kier molecular flexibility index (Phi) is 3.26. The molecule has 1 saturated heterocycles. The van der Waals surface area contributed by atoms with Crippen molar-refractivity contribution in [1.29, 1.82) is 0 Å². The first-order valence-corrected chi connectivity index (χ1v) is 6.30. The van der Waals surface area contributed by atoms with Gasteiger partial charge in [-0.25, -0.2) is 4.98 Å². The van der Waals surface area contributed by atoms with Crippen LogP contribution in [0.2, 0.25) is 5.15 Å². The van der Waals surface area contributed by atoms with Crippen molar-refractivity contribution in [3.05, 3.63) is 10.0 Å². The van der Waals surface area contributed by atoms with Gasteiger partial charge in [0.15, 0.2) is 16.6 Å². The van der Waals surface area contributed by atoms with E-state index in [2.05, 4.69) is 16.8 Å². The first kappa shape index (κ1) is 10.9. The number of hydrogen-bond donors (Lipinski definition) is 0. The van der Waals surface area contributed by atoms with E-state index >= 15 is 0 Å². The number of rotatable bonds is 3. The molecular weight excluding hydrogens is 232 g/mol. The Bertz CT molecular complexity index is 366. The molecule has 5 heteroatoms. The van der Waals surface area contributed by atoms with Crippen LogP contribution < -0.4 is 4.90 Å². The van der Waals surface area contributed by atoms with Crippen LogP contribution in [0.4, 0.5) is 5.13 Å². The molecule has 0 aliphatic carbocycles. The van der Waals surface area contributed by atoms with Gasteiger partial charge in [0.25, 0.3) is 0 Å². The molecule has 2 rings (SSSR count). The van der Waals surface area contributed by atoms with Gasteiger partial charge < -0.3 is 4.90 Å². The lowest BCUT2D eigenvalue weighted by atomic mass is 10.1. The molecule has 1 aromatic rings. The highest BCUT2D eigenvalue weighted by atomic mass is 35.5. The first-order valence-electron chi connectivity index (χ1n) is 5.11. The van der Waals surface area contributed by atoms with E-state index in [1.807, 2.05) is 0 Å². The predicted molar refractivity (Wildman–Crippen MR) is 63.1 cm³/mol. The maximum absolute atomic E-state index is 10.6. The van der Waals surface area contributed by atoms with Crippen LogP contribution in [-0.2, 0) is 0 Å². The van der Waals surface area contributed by atoms with Crippen molar-refractivity contribution in [2.24, 2.45) is 5.92 Å². The van der Waals surface area contributed by atoms with Gasteiger partial charge in [0.2, 0.25) is 0 Å². The monoisotopic (exact) mass is 244 g/mol. The molecule has 1 atom stereocenters. The summed E-state index contributed by atoms with van der Waals surface area (Å²) in [6.07, 6.45) is 3.19. The minimum atomic E-state index is 0.338. The third kappa shape index (κ3) is 2.16. The van der Waals surface area contributed by atoms with E-state index in [9.17, 15) is 4.79 Å². The molecule has 0 N–H and O–H groups in total. The average Bonchev–Trinajstić information content (AvgIpc) is 2.83. The third-order valence-electron chi connectivity index (χ3n) is 2.84. The van der Waals surface area contributed by atoms with Gasteiger partial charge in [-0.05, 0) is 12.3 Å². The Morgan fingerprint density at radius 2 is 2.53 bits per heavy atom. The molecule has 1 fully saturated rings. The van der Waals surface area contributed by atoms with Crippen molar-refractivity contribution < 1.29 is 4.79 Å². The molecule has 1 unspecified atom stereocenters. The SMILES string of the molecule is CCC1CCN(c2nc(Cl)c(C=O)s2)C1. The highest BCUT2D eigenvalue weighted by Gasteiger charge is 2.24. The summed E-state index contributed by atoms with van der Waals surface area (Å²) in [6, 6.07) is 0. The van der Waals surface area contributed by atoms with Gasteiger partial charge in [-0.15, -0.1) is 0 Å². The van der Waals surface area contributed by atoms with E-state index in [-0.39, 0.29) is 0 Å². The van der Waals surface area contributed by atoms with Crippen molar-refractivity contribution >= 4 is 34.4 Å². The molecule has 1 aromatic heterocycles. The summed E-state index contributed by atoms with van der Waals surface area (Å²) in [5.41, 5.74) is 0. The number of carbonyl (C=O) groups excluding carboxylic acids is 1. The van der Waals surface area contributed by atoms with Gasteiger partial charge >= 0.3 is 0 Å². The molecule has 0 bridgehead atoms. The second-order valence-corrected chi connectivity index (χ2v) is 5.15. The fourth-order valence-corrected chi connectivity index (χ4v) is 2.95. The van der Waals surface area contributed by atoms with Crippen LogP contribution in [0.3, 0.4) is 0 Å². The maximum atomic E-state index is 10.6. The molecule has 3 nitrogen and oxygen atoms in total. The molecule has 0 spiro atoms. The number of thiazole rings is 1. The zero-order valence-electron chi connectivity index (χ0n) is 8.57. The van der Waals surface area contributed by atoms with Crippen LogP contribution >= 0.6 is 22.9 Å². The van der Waals surface area contributed by atoms with Crippen LogP contribution in [0, 0.1) is 5.92 Å². The van der Waals surface area contributed by atoms with Crippen molar-refractivity contribution in [2.45, 2.75) is 19.8 Å². The van der Waals surface area contributed by atoms with Crippen LogP contribution in [0.15, 0.2) is 0 Å². The number of halogens is 1. The maximum Gasteiger partial charge on any atom is 0.187 e. The molecule has 0 amide bonds. The Balaban J connectivity index is 2.13. The average molecular weight is 245 g/mol. The molecule has 0 aromatic carbocycles. The molecule has 2 heterocycles. The van der Waals surface area contributed by atoms with E-state index in [1.54, 1.807) is 0 Å². The summed E-state index contributed by atoms with van der Waals surface area (Å²) in [4.78, 5) is 17.6. The van der Waals surface area contributed by atoms with Crippen molar-refractivity contribution in [2.75, 3.05) is 18.0 Å². The van der Waals surface area contributed by atoms with Crippen LogP contribution in [0.1, 0.15) is 29.4 Å². The Hall–Kier alpha value is -0.610. The van der Waals surface area contributed by atoms with Gasteiger partial charge in [0, 0.05) is 13.1 Å². The lowest BCUT2D eigenvalue weighted by molar-refractivity contribution is 0.112. The summed E-state index contributed by atoms with van der Waals surface area (Å²) in [5, 5.41) is 1.22. The largest absolute Gasteiger partial charge is 0.348 e. The van der Waals surface area contributed by atoms with E-state index < -0.39 is 0 Å². The zero-order chi connectivity index (χ0) is 10.8. The van der Waals surface area contributed by atoms with Gasteiger partial charge in [0.1, 0.15) is 4.88 Å². The van der Waals surface area contributed by atoms with E-state index in [0.29, 0.717) is 10.0 Å². The normalized spacial score (nSPS) is 20.9. The molecule has 1 aliphatic heterocycles. The van der Waals surface area contributed by atoms with Crippen LogP contribution in [0.25, 0.3) is 0 Å². The predicted octanol–water partition coefficient (Wildman–Crippen LogP) is 2.85. The van der Waals surface area contributed by atoms with Crippen molar-refractivity contribution in [3.8, 4) is 0 Å². The summed E-state index contributed by atoms with van der Waals surface area (Å²) < 4.78 is 0. The van der Waals surface area contributed by atoms with E-state index in [1.165, 1.54) is 24.2 Å². The van der Waals surface area contributed by atoms with Gasteiger partial charge in [0.05, 0.1) is 0 Å². The highest BCUT2D eigenvalue weighted by Crippen LogP contribution is 2.32.